The molecule has 1 aliphatic rings. The molecule has 1 N–H and O–H groups in total. The fraction of sp³-hybridized carbons (Fsp3) is 0.238. The predicted molar refractivity (Wildman–Crippen MR) is 107 cm³/mol. The predicted octanol–water partition coefficient (Wildman–Crippen LogP) is 3.19. The Morgan fingerprint density at radius 3 is 2.52 bits per heavy atom. The van der Waals surface area contributed by atoms with Crippen molar-refractivity contribution >= 4 is 18.2 Å². The molecule has 0 aliphatic carbocycles. The van der Waals surface area contributed by atoms with Crippen LogP contribution in [0.3, 0.4) is 0 Å². The average molecular weight is 391 g/mol. The molecule has 0 saturated carbocycles. The van der Waals surface area contributed by atoms with Crippen LogP contribution >= 0.6 is 0 Å². The maximum absolute atomic E-state index is 12.9. The van der Waals surface area contributed by atoms with Crippen molar-refractivity contribution < 1.29 is 14.1 Å². The van der Waals surface area contributed by atoms with E-state index in [9.17, 15) is 9.59 Å². The molecule has 1 saturated heterocycles. The molecule has 0 spiro atoms. The first kappa shape index (κ1) is 18.7. The van der Waals surface area contributed by atoms with E-state index in [1.807, 2.05) is 55.7 Å². The summed E-state index contributed by atoms with van der Waals surface area (Å²) in [6.07, 6.45) is 1.51. The molecule has 0 bridgehead atoms. The number of hydrazone groups is 1. The number of carbonyl (C=O) groups is 2. The van der Waals surface area contributed by atoms with Crippen LogP contribution in [0.25, 0.3) is 5.82 Å². The standard InChI is InChI=1S/C21H21N5O3/c1-13-10-16(15(3)25(13)18-11-14(2)29-24-18)12-22-26-19(27)21(4,23-20(26)28)17-8-6-5-7-9-17/h5-12H,1-4H3,(H,23,28)/b22-12-/t21-/m0/s1. The van der Waals surface area contributed by atoms with E-state index in [-0.39, 0.29) is 0 Å². The molecule has 1 fully saturated rings. The van der Waals surface area contributed by atoms with Crippen LogP contribution in [0.4, 0.5) is 4.79 Å². The van der Waals surface area contributed by atoms with Gasteiger partial charge < -0.3 is 9.84 Å². The lowest BCUT2D eigenvalue weighted by molar-refractivity contribution is -0.131. The fourth-order valence-electron chi connectivity index (χ4n) is 3.55. The molecule has 1 aromatic carbocycles. The van der Waals surface area contributed by atoms with E-state index in [1.165, 1.54) is 6.21 Å². The van der Waals surface area contributed by atoms with Gasteiger partial charge in [-0.15, -0.1) is 5.01 Å². The van der Waals surface area contributed by atoms with E-state index in [0.29, 0.717) is 17.1 Å². The van der Waals surface area contributed by atoms with Crippen molar-refractivity contribution in [3.05, 3.63) is 70.7 Å². The fourth-order valence-corrected chi connectivity index (χ4v) is 3.55. The molecule has 3 amide bonds. The van der Waals surface area contributed by atoms with Crippen LogP contribution in [0, 0.1) is 20.8 Å². The van der Waals surface area contributed by atoms with Gasteiger partial charge in [0.1, 0.15) is 11.3 Å². The molecular formula is C21H21N5O3. The van der Waals surface area contributed by atoms with Crippen molar-refractivity contribution in [2.24, 2.45) is 5.10 Å². The second kappa shape index (κ2) is 6.73. The van der Waals surface area contributed by atoms with Crippen LogP contribution in [-0.4, -0.2) is 32.9 Å². The van der Waals surface area contributed by atoms with Gasteiger partial charge in [0.15, 0.2) is 5.82 Å². The first-order chi connectivity index (χ1) is 13.8. The largest absolute Gasteiger partial charge is 0.360 e. The molecule has 148 valence electrons. The lowest BCUT2D eigenvalue weighted by Gasteiger charge is -2.20. The molecule has 8 heteroatoms. The highest BCUT2D eigenvalue weighted by molar-refractivity contribution is 6.07. The number of hydrogen-bond acceptors (Lipinski definition) is 5. The van der Waals surface area contributed by atoms with Gasteiger partial charge in [-0.3, -0.25) is 9.36 Å². The number of aryl methyl sites for hydroxylation is 2. The van der Waals surface area contributed by atoms with E-state index in [1.54, 1.807) is 19.1 Å². The number of nitrogens with zero attached hydrogens (tertiary/aromatic N) is 4. The Labute approximate surface area is 167 Å². The number of rotatable bonds is 4. The summed E-state index contributed by atoms with van der Waals surface area (Å²) >= 11 is 0. The Balaban J connectivity index is 1.63. The second-order valence-corrected chi connectivity index (χ2v) is 7.24. The number of urea groups is 1. The Bertz CT molecular complexity index is 1130. The minimum absolute atomic E-state index is 0.425. The van der Waals surface area contributed by atoms with Crippen molar-refractivity contribution in [1.29, 1.82) is 0 Å². The van der Waals surface area contributed by atoms with Crippen LogP contribution in [0.15, 0.2) is 52.1 Å². The smallest absolute Gasteiger partial charge is 0.346 e. The summed E-state index contributed by atoms with van der Waals surface area (Å²) in [4.78, 5) is 25.4. The first-order valence-corrected chi connectivity index (χ1v) is 9.20. The molecular weight excluding hydrogens is 370 g/mol. The quantitative estimate of drug-likeness (QED) is 0.546. The number of imide groups is 1. The highest BCUT2D eigenvalue weighted by Gasteiger charge is 2.49. The number of nitrogens with one attached hydrogen (secondary N) is 1. The third-order valence-electron chi connectivity index (χ3n) is 5.15. The van der Waals surface area contributed by atoms with Crippen molar-refractivity contribution in [3.8, 4) is 5.82 Å². The molecule has 8 nitrogen and oxygen atoms in total. The summed E-state index contributed by atoms with van der Waals surface area (Å²) in [6, 6.07) is 12.3. The van der Waals surface area contributed by atoms with Gasteiger partial charge >= 0.3 is 6.03 Å². The lowest BCUT2D eigenvalue weighted by atomic mass is 9.92. The third-order valence-corrected chi connectivity index (χ3v) is 5.15. The minimum atomic E-state index is -1.15. The van der Waals surface area contributed by atoms with Crippen molar-refractivity contribution in [3.63, 3.8) is 0 Å². The highest BCUT2D eigenvalue weighted by Crippen LogP contribution is 2.29. The zero-order chi connectivity index (χ0) is 20.8. The van der Waals surface area contributed by atoms with Crippen LogP contribution < -0.4 is 5.32 Å². The number of hydrogen-bond donors (Lipinski definition) is 1. The van der Waals surface area contributed by atoms with Crippen LogP contribution in [0.1, 0.15) is 35.2 Å². The summed E-state index contributed by atoms with van der Waals surface area (Å²) in [7, 11) is 0. The zero-order valence-corrected chi connectivity index (χ0v) is 16.6. The van der Waals surface area contributed by atoms with Gasteiger partial charge in [0.05, 0.1) is 6.21 Å². The lowest BCUT2D eigenvalue weighted by Crippen LogP contribution is -2.40. The summed E-state index contributed by atoms with van der Waals surface area (Å²) in [5.41, 5.74) is 2.14. The topological polar surface area (TPSA) is 92.7 Å². The number of amides is 3. The summed E-state index contributed by atoms with van der Waals surface area (Å²) in [5.74, 6) is 0.955. The molecule has 0 unspecified atom stereocenters. The van der Waals surface area contributed by atoms with Gasteiger partial charge in [0.25, 0.3) is 5.91 Å². The Morgan fingerprint density at radius 2 is 1.86 bits per heavy atom. The van der Waals surface area contributed by atoms with Crippen LogP contribution in [-0.2, 0) is 10.3 Å². The van der Waals surface area contributed by atoms with E-state index in [2.05, 4.69) is 15.6 Å². The number of benzene rings is 1. The minimum Gasteiger partial charge on any atom is -0.360 e. The Morgan fingerprint density at radius 1 is 1.14 bits per heavy atom. The van der Waals surface area contributed by atoms with E-state index >= 15 is 0 Å². The molecule has 0 radical (unpaired) electrons. The van der Waals surface area contributed by atoms with E-state index < -0.39 is 17.5 Å². The molecule has 2 aromatic heterocycles. The maximum Gasteiger partial charge on any atom is 0.346 e. The van der Waals surface area contributed by atoms with Crippen molar-refractivity contribution in [2.45, 2.75) is 33.2 Å². The van der Waals surface area contributed by atoms with E-state index in [0.717, 1.165) is 22.0 Å². The summed E-state index contributed by atoms with van der Waals surface area (Å²) < 4.78 is 7.09. The molecule has 1 atom stereocenters. The number of carbonyl (C=O) groups excluding carboxylic acids is 2. The van der Waals surface area contributed by atoms with Crippen molar-refractivity contribution in [1.82, 2.24) is 20.0 Å². The first-order valence-electron chi connectivity index (χ1n) is 9.20. The molecule has 4 rings (SSSR count). The van der Waals surface area contributed by atoms with Gasteiger partial charge in [0.2, 0.25) is 0 Å². The van der Waals surface area contributed by atoms with Gasteiger partial charge in [-0.25, -0.2) is 4.79 Å². The average Bonchev–Trinajstić information content (AvgIpc) is 3.30. The monoisotopic (exact) mass is 391 g/mol. The maximum atomic E-state index is 12.9. The van der Waals surface area contributed by atoms with Gasteiger partial charge in [0, 0.05) is 23.0 Å². The van der Waals surface area contributed by atoms with Crippen molar-refractivity contribution in [2.75, 3.05) is 0 Å². The van der Waals surface area contributed by atoms with Crippen LogP contribution in [0.5, 0.6) is 0 Å². The molecule has 3 heterocycles. The van der Waals surface area contributed by atoms with Gasteiger partial charge in [-0.05, 0) is 39.3 Å². The molecule has 1 aliphatic heterocycles. The van der Waals surface area contributed by atoms with Gasteiger partial charge in [-0.2, -0.15) is 5.10 Å². The summed E-state index contributed by atoms with van der Waals surface area (Å²) in [5, 5.41) is 11.8. The van der Waals surface area contributed by atoms with E-state index in [4.69, 9.17) is 4.52 Å². The van der Waals surface area contributed by atoms with Crippen LogP contribution in [0.2, 0.25) is 0 Å². The molecule has 3 aromatic rings. The second-order valence-electron chi connectivity index (χ2n) is 7.24. The molecule has 29 heavy (non-hydrogen) atoms. The normalized spacial score (nSPS) is 19.4. The third kappa shape index (κ3) is 3.02. The SMILES string of the molecule is Cc1cc(-n2c(C)cc(/C=N\N3C(=O)N[C@@](C)(c4ccccc4)C3=O)c2C)no1. The Kier molecular flexibility index (Phi) is 4.34. The Hall–Kier alpha value is -3.68. The summed E-state index contributed by atoms with van der Waals surface area (Å²) in [6.45, 7) is 7.36. The number of aromatic nitrogens is 2. The zero-order valence-electron chi connectivity index (χ0n) is 16.6. The van der Waals surface area contributed by atoms with Gasteiger partial charge in [-0.1, -0.05) is 35.5 Å². The highest BCUT2D eigenvalue weighted by atomic mass is 16.5.